The van der Waals surface area contributed by atoms with Crippen molar-refractivity contribution in [1.82, 2.24) is 5.32 Å². The molecule has 2 rings (SSSR count). The monoisotopic (exact) mass is 223 g/mol. The summed E-state index contributed by atoms with van der Waals surface area (Å²) in [6, 6.07) is 4.87. The molecule has 1 aliphatic rings. The summed E-state index contributed by atoms with van der Waals surface area (Å²) < 4.78 is 10.8. The molecule has 1 N–H and O–H groups in total. The molecule has 0 radical (unpaired) electrons. The second-order valence-corrected chi connectivity index (χ2v) is 4.61. The van der Waals surface area contributed by atoms with Crippen molar-refractivity contribution in [3.63, 3.8) is 0 Å². The third kappa shape index (κ3) is 2.86. The van der Waals surface area contributed by atoms with E-state index in [-0.39, 0.29) is 0 Å². The Kier molecular flexibility index (Phi) is 4.02. The predicted molar refractivity (Wildman–Crippen MR) is 63.3 cm³/mol. The Balaban J connectivity index is 1.78. The molecule has 1 aromatic rings. The number of nitrogens with one attached hydrogen (secondary N) is 1. The lowest BCUT2D eigenvalue weighted by Gasteiger charge is -2.30. The van der Waals surface area contributed by atoms with Gasteiger partial charge in [-0.1, -0.05) is 0 Å². The molecule has 16 heavy (non-hydrogen) atoms. The first-order valence-corrected chi connectivity index (χ1v) is 6.12. The van der Waals surface area contributed by atoms with E-state index in [0.29, 0.717) is 18.2 Å². The highest BCUT2D eigenvalue weighted by atomic mass is 16.5. The van der Waals surface area contributed by atoms with Crippen LogP contribution in [0.25, 0.3) is 0 Å². The molecule has 1 fully saturated rings. The lowest BCUT2D eigenvalue weighted by molar-refractivity contribution is 0.0610. The van der Waals surface area contributed by atoms with Gasteiger partial charge in [-0.3, -0.25) is 0 Å². The summed E-state index contributed by atoms with van der Waals surface area (Å²) in [5.74, 6) is 1.02. The average Bonchev–Trinajstić information content (AvgIpc) is 2.83. The molecule has 3 nitrogen and oxygen atoms in total. The number of rotatable bonds is 4. The van der Waals surface area contributed by atoms with E-state index in [1.165, 1.54) is 25.7 Å². The highest BCUT2D eigenvalue weighted by Gasteiger charge is 2.22. The quantitative estimate of drug-likeness (QED) is 0.852. The van der Waals surface area contributed by atoms with Gasteiger partial charge in [-0.15, -0.1) is 0 Å². The summed E-state index contributed by atoms with van der Waals surface area (Å²) in [6.07, 6.45) is 6.93. The SMILES string of the molecule is COC1CCC(NC(C)c2ccco2)CC1. The molecule has 0 spiro atoms. The van der Waals surface area contributed by atoms with Crippen molar-refractivity contribution in [2.24, 2.45) is 0 Å². The minimum Gasteiger partial charge on any atom is -0.468 e. The molecule has 3 heteroatoms. The van der Waals surface area contributed by atoms with E-state index in [1.54, 1.807) is 6.26 Å². The number of hydrogen-bond donors (Lipinski definition) is 1. The van der Waals surface area contributed by atoms with E-state index < -0.39 is 0 Å². The van der Waals surface area contributed by atoms with Crippen molar-refractivity contribution in [3.8, 4) is 0 Å². The first-order chi connectivity index (χ1) is 7.79. The van der Waals surface area contributed by atoms with Crippen molar-refractivity contribution in [1.29, 1.82) is 0 Å². The Bertz CT molecular complexity index is 289. The van der Waals surface area contributed by atoms with Crippen LogP contribution in [-0.2, 0) is 4.74 Å². The minimum atomic E-state index is 0.305. The molecule has 0 amide bonds. The lowest BCUT2D eigenvalue weighted by Crippen LogP contribution is -2.36. The number of ether oxygens (including phenoxy) is 1. The maximum atomic E-state index is 5.39. The second kappa shape index (κ2) is 5.51. The van der Waals surface area contributed by atoms with Gasteiger partial charge in [-0.05, 0) is 44.7 Å². The first-order valence-electron chi connectivity index (χ1n) is 6.12. The fourth-order valence-corrected chi connectivity index (χ4v) is 2.44. The molecule has 1 aromatic heterocycles. The summed E-state index contributed by atoms with van der Waals surface area (Å²) in [5, 5.41) is 3.62. The van der Waals surface area contributed by atoms with Crippen molar-refractivity contribution >= 4 is 0 Å². The Morgan fingerprint density at radius 2 is 2.12 bits per heavy atom. The fourth-order valence-electron chi connectivity index (χ4n) is 2.44. The molecule has 0 aliphatic heterocycles. The van der Waals surface area contributed by atoms with Crippen LogP contribution in [0.3, 0.4) is 0 Å². The molecule has 0 saturated heterocycles. The molecule has 1 saturated carbocycles. The van der Waals surface area contributed by atoms with Gasteiger partial charge in [0.25, 0.3) is 0 Å². The standard InChI is InChI=1S/C13H21NO2/c1-10(13-4-3-9-16-13)14-11-5-7-12(15-2)8-6-11/h3-4,9-12,14H,5-8H2,1-2H3. The maximum Gasteiger partial charge on any atom is 0.120 e. The highest BCUT2D eigenvalue weighted by molar-refractivity contribution is 5.03. The lowest BCUT2D eigenvalue weighted by atomic mass is 9.92. The Labute approximate surface area is 97.2 Å². The summed E-state index contributed by atoms with van der Waals surface area (Å²) in [6.45, 7) is 2.15. The predicted octanol–water partition coefficient (Wildman–Crippen LogP) is 2.89. The van der Waals surface area contributed by atoms with E-state index in [4.69, 9.17) is 9.15 Å². The zero-order valence-electron chi connectivity index (χ0n) is 10.1. The zero-order chi connectivity index (χ0) is 11.4. The summed E-state index contributed by atoms with van der Waals surface area (Å²) in [7, 11) is 1.81. The smallest absolute Gasteiger partial charge is 0.120 e. The normalized spacial score (nSPS) is 27.9. The third-order valence-corrected chi connectivity index (χ3v) is 3.46. The van der Waals surface area contributed by atoms with Gasteiger partial charge in [0.1, 0.15) is 5.76 Å². The van der Waals surface area contributed by atoms with Crippen LogP contribution in [0.15, 0.2) is 22.8 Å². The maximum absolute atomic E-state index is 5.39. The molecule has 0 aromatic carbocycles. The van der Waals surface area contributed by atoms with Crippen LogP contribution in [-0.4, -0.2) is 19.3 Å². The van der Waals surface area contributed by atoms with Gasteiger partial charge < -0.3 is 14.5 Å². The van der Waals surface area contributed by atoms with Gasteiger partial charge in [0.2, 0.25) is 0 Å². The molecule has 1 heterocycles. The number of methoxy groups -OCH3 is 1. The topological polar surface area (TPSA) is 34.4 Å². The van der Waals surface area contributed by atoms with E-state index in [0.717, 1.165) is 5.76 Å². The van der Waals surface area contributed by atoms with Gasteiger partial charge >= 0.3 is 0 Å². The van der Waals surface area contributed by atoms with Crippen LogP contribution in [0.2, 0.25) is 0 Å². The number of hydrogen-bond acceptors (Lipinski definition) is 3. The Morgan fingerprint density at radius 3 is 2.69 bits per heavy atom. The molecule has 1 aliphatic carbocycles. The van der Waals surface area contributed by atoms with Crippen LogP contribution in [0, 0.1) is 0 Å². The van der Waals surface area contributed by atoms with Gasteiger partial charge in [0.15, 0.2) is 0 Å². The van der Waals surface area contributed by atoms with Gasteiger partial charge in [-0.25, -0.2) is 0 Å². The number of furan rings is 1. The zero-order valence-corrected chi connectivity index (χ0v) is 10.1. The van der Waals surface area contributed by atoms with Gasteiger partial charge in [0, 0.05) is 13.2 Å². The van der Waals surface area contributed by atoms with Crippen LogP contribution in [0.5, 0.6) is 0 Å². The average molecular weight is 223 g/mol. The van der Waals surface area contributed by atoms with Gasteiger partial charge in [-0.2, -0.15) is 0 Å². The van der Waals surface area contributed by atoms with Crippen molar-refractivity contribution in [2.75, 3.05) is 7.11 Å². The second-order valence-electron chi connectivity index (χ2n) is 4.61. The van der Waals surface area contributed by atoms with Crippen molar-refractivity contribution < 1.29 is 9.15 Å². The summed E-state index contributed by atoms with van der Waals surface area (Å²) in [5.41, 5.74) is 0. The molecule has 1 unspecified atom stereocenters. The molecular weight excluding hydrogens is 202 g/mol. The highest BCUT2D eigenvalue weighted by Crippen LogP contribution is 2.23. The van der Waals surface area contributed by atoms with Gasteiger partial charge in [0.05, 0.1) is 18.4 Å². The first kappa shape index (κ1) is 11.7. The van der Waals surface area contributed by atoms with Crippen molar-refractivity contribution in [2.45, 2.75) is 50.8 Å². The summed E-state index contributed by atoms with van der Waals surface area (Å²) in [4.78, 5) is 0. The van der Waals surface area contributed by atoms with Crippen LogP contribution in [0.4, 0.5) is 0 Å². The Hall–Kier alpha value is -0.800. The third-order valence-electron chi connectivity index (χ3n) is 3.46. The van der Waals surface area contributed by atoms with E-state index in [2.05, 4.69) is 12.2 Å². The van der Waals surface area contributed by atoms with E-state index >= 15 is 0 Å². The summed E-state index contributed by atoms with van der Waals surface area (Å²) >= 11 is 0. The minimum absolute atomic E-state index is 0.305. The Morgan fingerprint density at radius 1 is 1.38 bits per heavy atom. The van der Waals surface area contributed by atoms with E-state index in [1.807, 2.05) is 19.2 Å². The van der Waals surface area contributed by atoms with Crippen molar-refractivity contribution in [3.05, 3.63) is 24.2 Å². The van der Waals surface area contributed by atoms with E-state index in [9.17, 15) is 0 Å². The molecule has 1 atom stereocenters. The molecule has 0 bridgehead atoms. The fraction of sp³-hybridized carbons (Fsp3) is 0.692. The van der Waals surface area contributed by atoms with Crippen LogP contribution >= 0.6 is 0 Å². The largest absolute Gasteiger partial charge is 0.468 e. The van der Waals surface area contributed by atoms with Crippen LogP contribution in [0.1, 0.15) is 44.4 Å². The molecular formula is C13H21NO2. The van der Waals surface area contributed by atoms with Crippen LogP contribution < -0.4 is 5.32 Å². The molecule has 90 valence electrons.